The van der Waals surface area contributed by atoms with E-state index in [-0.39, 0.29) is 5.54 Å². The molecule has 0 spiro atoms. The Labute approximate surface area is 52.1 Å². The monoisotopic (exact) mass is 129 g/mol. The van der Waals surface area contributed by atoms with Gasteiger partial charge in [0.2, 0.25) is 0 Å². The average molecular weight is 129 g/mol. The van der Waals surface area contributed by atoms with Gasteiger partial charge < -0.3 is 0 Å². The second-order valence-corrected chi connectivity index (χ2v) is 8.80. The van der Waals surface area contributed by atoms with Crippen molar-refractivity contribution in [3.63, 3.8) is 0 Å². The Morgan fingerprint density at radius 3 is 1.75 bits per heavy atom. The summed E-state index contributed by atoms with van der Waals surface area (Å²) in [5.41, 5.74) is 0.183. The van der Waals surface area contributed by atoms with E-state index < -0.39 is 8.07 Å². The molecule has 0 aliphatic rings. The molecule has 0 aromatic heterocycles. The third kappa shape index (κ3) is 2.26. The summed E-state index contributed by atoms with van der Waals surface area (Å²) in [7, 11) is -1.18. The molecular formula is C6H13OSi. The first kappa shape index (κ1) is 7.89. The number of carbonyl (C=O) groups excluding carboxylic acids is 1. The number of hydrogen-bond donors (Lipinski definition) is 0. The molecule has 0 aliphatic carbocycles. The number of rotatable bonds is 2. The van der Waals surface area contributed by atoms with Crippen molar-refractivity contribution in [2.45, 2.75) is 32.1 Å². The summed E-state index contributed by atoms with van der Waals surface area (Å²) in [6.45, 7) is 8.45. The molecule has 0 fully saturated rings. The normalized spacial score (nSPS) is 15.5. The van der Waals surface area contributed by atoms with Crippen molar-refractivity contribution in [1.82, 2.24) is 0 Å². The van der Waals surface area contributed by atoms with Crippen LogP contribution in [0.4, 0.5) is 0 Å². The van der Waals surface area contributed by atoms with E-state index >= 15 is 0 Å². The zero-order valence-corrected chi connectivity index (χ0v) is 6.99. The lowest BCUT2D eigenvalue weighted by atomic mass is 10.5. The predicted octanol–water partition coefficient (Wildman–Crippen LogP) is 1.82. The van der Waals surface area contributed by atoms with Crippen molar-refractivity contribution >= 4 is 14.4 Å². The second-order valence-electron chi connectivity index (χ2n) is 3.21. The third-order valence-corrected chi connectivity index (χ3v) is 4.19. The van der Waals surface area contributed by atoms with Crippen LogP contribution < -0.4 is 0 Å². The van der Waals surface area contributed by atoms with E-state index in [1.807, 2.05) is 13.2 Å². The van der Waals surface area contributed by atoms with Crippen LogP contribution in [0.1, 0.15) is 6.92 Å². The minimum absolute atomic E-state index is 0.183. The van der Waals surface area contributed by atoms with E-state index in [0.717, 1.165) is 0 Å². The quantitative estimate of drug-likeness (QED) is 0.520. The van der Waals surface area contributed by atoms with Crippen molar-refractivity contribution in [3.8, 4) is 0 Å². The second kappa shape index (κ2) is 2.44. The summed E-state index contributed by atoms with van der Waals surface area (Å²) in [5.74, 6) is 0. The Kier molecular flexibility index (Phi) is 2.41. The van der Waals surface area contributed by atoms with Gasteiger partial charge in [-0.15, -0.1) is 0 Å². The number of hydrogen-bond acceptors (Lipinski definition) is 1. The Morgan fingerprint density at radius 2 is 1.75 bits per heavy atom. The molecule has 0 bridgehead atoms. The van der Waals surface area contributed by atoms with Gasteiger partial charge in [0.1, 0.15) is 0 Å². The highest BCUT2D eigenvalue weighted by Crippen LogP contribution is 2.16. The molecular weight excluding hydrogens is 116 g/mol. The summed E-state index contributed by atoms with van der Waals surface area (Å²) in [6.07, 6.45) is 2.02. The van der Waals surface area contributed by atoms with Gasteiger partial charge in [0.15, 0.2) is 6.29 Å². The smallest absolute Gasteiger partial charge is 0.198 e. The largest absolute Gasteiger partial charge is 0.291 e. The maximum atomic E-state index is 10.1. The molecule has 0 rings (SSSR count). The van der Waals surface area contributed by atoms with Gasteiger partial charge in [0, 0.05) is 5.54 Å². The van der Waals surface area contributed by atoms with Crippen LogP contribution >= 0.6 is 0 Å². The van der Waals surface area contributed by atoms with Crippen LogP contribution in [0.5, 0.6) is 0 Å². The molecule has 8 heavy (non-hydrogen) atoms. The van der Waals surface area contributed by atoms with Crippen LogP contribution in [0.15, 0.2) is 0 Å². The van der Waals surface area contributed by atoms with Gasteiger partial charge in [-0.3, -0.25) is 4.79 Å². The lowest BCUT2D eigenvalue weighted by Gasteiger charge is -2.17. The zero-order chi connectivity index (χ0) is 6.78. The molecule has 0 aromatic carbocycles. The standard InChI is InChI=1S/C6H13OSi/c1-6(5-7)8(2,3)4/h6H,1-4H3. The summed E-state index contributed by atoms with van der Waals surface area (Å²) >= 11 is 0. The maximum absolute atomic E-state index is 10.1. The Bertz CT molecular complexity index is 83.0. The molecule has 1 radical (unpaired) electrons. The van der Waals surface area contributed by atoms with Crippen molar-refractivity contribution in [2.75, 3.05) is 0 Å². The first-order chi connectivity index (χ1) is 3.48. The van der Waals surface area contributed by atoms with Crippen LogP contribution in [0.2, 0.25) is 25.2 Å². The highest BCUT2D eigenvalue weighted by Gasteiger charge is 2.21. The van der Waals surface area contributed by atoms with E-state index in [2.05, 4.69) is 19.6 Å². The Balaban J connectivity index is 3.80. The van der Waals surface area contributed by atoms with Crippen molar-refractivity contribution in [1.29, 1.82) is 0 Å². The van der Waals surface area contributed by atoms with E-state index in [1.165, 1.54) is 0 Å². The Morgan fingerprint density at radius 1 is 1.38 bits per heavy atom. The lowest BCUT2D eigenvalue weighted by Crippen LogP contribution is -2.26. The zero-order valence-electron chi connectivity index (χ0n) is 5.99. The molecule has 0 aliphatic heterocycles. The highest BCUT2D eigenvalue weighted by atomic mass is 28.3. The van der Waals surface area contributed by atoms with Gasteiger partial charge in [-0.2, -0.15) is 0 Å². The van der Waals surface area contributed by atoms with Crippen LogP contribution in [0.3, 0.4) is 0 Å². The van der Waals surface area contributed by atoms with Crippen molar-refractivity contribution < 1.29 is 4.79 Å². The van der Waals surface area contributed by atoms with Crippen LogP contribution in [-0.4, -0.2) is 14.4 Å². The summed E-state index contributed by atoms with van der Waals surface area (Å²) in [6, 6.07) is 0. The van der Waals surface area contributed by atoms with Crippen LogP contribution in [-0.2, 0) is 4.79 Å². The molecule has 0 heterocycles. The van der Waals surface area contributed by atoms with Crippen molar-refractivity contribution in [3.05, 3.63) is 0 Å². The lowest BCUT2D eigenvalue weighted by molar-refractivity contribution is 0.552. The van der Waals surface area contributed by atoms with Gasteiger partial charge in [-0.05, 0) is 0 Å². The SMILES string of the molecule is CC([C]=O)[Si](C)(C)C. The fourth-order valence-corrected chi connectivity index (χ4v) is 0.530. The molecule has 0 aromatic rings. The van der Waals surface area contributed by atoms with Gasteiger partial charge in [0.05, 0.1) is 8.07 Å². The molecule has 2 heteroatoms. The van der Waals surface area contributed by atoms with Gasteiger partial charge >= 0.3 is 0 Å². The van der Waals surface area contributed by atoms with Gasteiger partial charge in [-0.1, -0.05) is 26.6 Å². The van der Waals surface area contributed by atoms with E-state index in [1.54, 1.807) is 0 Å². The topological polar surface area (TPSA) is 17.1 Å². The first-order valence-corrected chi connectivity index (χ1v) is 6.44. The molecule has 1 nitrogen and oxygen atoms in total. The summed E-state index contributed by atoms with van der Waals surface area (Å²) in [5, 5.41) is 0. The Hall–Kier alpha value is -0.113. The molecule has 47 valence electrons. The fourth-order valence-electron chi connectivity index (χ4n) is 0.177. The van der Waals surface area contributed by atoms with E-state index in [4.69, 9.17) is 0 Å². The predicted molar refractivity (Wildman–Crippen MR) is 38.5 cm³/mol. The first-order valence-electron chi connectivity index (χ1n) is 2.86. The van der Waals surface area contributed by atoms with Gasteiger partial charge in [-0.25, -0.2) is 0 Å². The van der Waals surface area contributed by atoms with E-state index in [9.17, 15) is 4.79 Å². The van der Waals surface area contributed by atoms with E-state index in [0.29, 0.717) is 0 Å². The minimum atomic E-state index is -1.18. The molecule has 0 amide bonds. The highest BCUT2D eigenvalue weighted by molar-refractivity contribution is 6.79. The molecule has 0 N–H and O–H groups in total. The molecule has 0 saturated carbocycles. The van der Waals surface area contributed by atoms with Crippen LogP contribution in [0.25, 0.3) is 0 Å². The summed E-state index contributed by atoms with van der Waals surface area (Å²) in [4.78, 5) is 10.1. The molecule has 1 atom stereocenters. The van der Waals surface area contributed by atoms with Crippen LogP contribution in [0, 0.1) is 0 Å². The summed E-state index contributed by atoms with van der Waals surface area (Å²) < 4.78 is 0. The fraction of sp³-hybridized carbons (Fsp3) is 0.833. The minimum Gasteiger partial charge on any atom is -0.291 e. The van der Waals surface area contributed by atoms with Crippen molar-refractivity contribution in [2.24, 2.45) is 0 Å². The average Bonchev–Trinajstić information content (AvgIpc) is 1.62. The van der Waals surface area contributed by atoms with Gasteiger partial charge in [0.25, 0.3) is 0 Å². The maximum Gasteiger partial charge on any atom is 0.198 e. The third-order valence-electron chi connectivity index (χ3n) is 1.48. The molecule has 0 saturated heterocycles. The molecule has 1 unspecified atom stereocenters.